The third kappa shape index (κ3) is 7.36. The monoisotopic (exact) mass is 448 g/mol. The number of carbonyl (C=O) groups excluding carboxylic acids is 2. The SMILES string of the molecule is Cc1ccc(-c2nc(CC(=O)NCCCN3CCN(C(=O)OC(C)(C)C)CC3)cs2)o1. The van der Waals surface area contributed by atoms with E-state index in [-0.39, 0.29) is 18.4 Å². The second-order valence-corrected chi connectivity index (χ2v) is 9.60. The number of piperazine rings is 1. The van der Waals surface area contributed by atoms with Crippen molar-refractivity contribution in [2.75, 3.05) is 39.3 Å². The summed E-state index contributed by atoms with van der Waals surface area (Å²) in [7, 11) is 0. The maximum absolute atomic E-state index is 12.2. The molecule has 0 atom stereocenters. The lowest BCUT2D eigenvalue weighted by molar-refractivity contribution is -0.120. The molecule has 1 fully saturated rings. The van der Waals surface area contributed by atoms with E-state index in [1.54, 1.807) is 4.90 Å². The summed E-state index contributed by atoms with van der Waals surface area (Å²) in [5, 5.41) is 5.66. The van der Waals surface area contributed by atoms with Crippen molar-refractivity contribution in [3.05, 3.63) is 29.0 Å². The van der Waals surface area contributed by atoms with Gasteiger partial charge < -0.3 is 19.4 Å². The highest BCUT2D eigenvalue weighted by atomic mass is 32.1. The number of aryl methyl sites for hydroxylation is 1. The molecule has 0 aromatic carbocycles. The van der Waals surface area contributed by atoms with Gasteiger partial charge in [-0.15, -0.1) is 11.3 Å². The van der Waals surface area contributed by atoms with Crippen LogP contribution in [0.15, 0.2) is 21.9 Å². The molecule has 0 aliphatic carbocycles. The highest BCUT2D eigenvalue weighted by molar-refractivity contribution is 7.13. The van der Waals surface area contributed by atoms with Crippen LogP contribution < -0.4 is 5.32 Å². The number of carbonyl (C=O) groups is 2. The Hall–Kier alpha value is -2.39. The first-order valence-corrected chi connectivity index (χ1v) is 11.6. The topological polar surface area (TPSA) is 87.9 Å². The zero-order valence-electron chi connectivity index (χ0n) is 18.8. The fourth-order valence-corrected chi connectivity index (χ4v) is 4.07. The van der Waals surface area contributed by atoms with Gasteiger partial charge in [-0.2, -0.15) is 0 Å². The van der Waals surface area contributed by atoms with Gasteiger partial charge in [0.25, 0.3) is 0 Å². The summed E-state index contributed by atoms with van der Waals surface area (Å²) in [6, 6.07) is 3.80. The smallest absolute Gasteiger partial charge is 0.410 e. The van der Waals surface area contributed by atoms with Crippen molar-refractivity contribution >= 4 is 23.3 Å². The Balaban J connectivity index is 1.30. The van der Waals surface area contributed by atoms with Crippen LogP contribution in [0.5, 0.6) is 0 Å². The summed E-state index contributed by atoms with van der Waals surface area (Å²) in [5.41, 5.74) is 0.287. The van der Waals surface area contributed by atoms with Crippen molar-refractivity contribution in [3.63, 3.8) is 0 Å². The summed E-state index contributed by atoms with van der Waals surface area (Å²) in [5.74, 6) is 1.55. The van der Waals surface area contributed by atoms with E-state index < -0.39 is 5.60 Å². The van der Waals surface area contributed by atoms with Gasteiger partial charge in [-0.3, -0.25) is 9.69 Å². The second kappa shape index (κ2) is 10.3. The Kier molecular flexibility index (Phi) is 7.72. The van der Waals surface area contributed by atoms with E-state index in [1.165, 1.54) is 11.3 Å². The largest absolute Gasteiger partial charge is 0.459 e. The minimum atomic E-state index is -0.468. The Morgan fingerprint density at radius 3 is 2.61 bits per heavy atom. The molecule has 3 heterocycles. The lowest BCUT2D eigenvalue weighted by atomic mass is 10.2. The Morgan fingerprint density at radius 1 is 1.23 bits per heavy atom. The van der Waals surface area contributed by atoms with E-state index in [2.05, 4.69) is 15.2 Å². The van der Waals surface area contributed by atoms with Crippen LogP contribution in [0, 0.1) is 6.92 Å². The number of hydrogen-bond acceptors (Lipinski definition) is 7. The van der Waals surface area contributed by atoms with Crippen molar-refractivity contribution < 1.29 is 18.7 Å². The molecular weight excluding hydrogens is 416 g/mol. The summed E-state index contributed by atoms with van der Waals surface area (Å²) >= 11 is 1.48. The molecule has 8 nitrogen and oxygen atoms in total. The number of thiazole rings is 1. The van der Waals surface area contributed by atoms with Gasteiger partial charge >= 0.3 is 6.09 Å². The molecular formula is C22H32N4O4S. The molecule has 31 heavy (non-hydrogen) atoms. The van der Waals surface area contributed by atoms with Gasteiger partial charge in [-0.1, -0.05) is 0 Å². The molecule has 0 spiro atoms. The average molecular weight is 449 g/mol. The van der Waals surface area contributed by atoms with E-state index in [1.807, 2.05) is 45.2 Å². The van der Waals surface area contributed by atoms with Gasteiger partial charge in [0.2, 0.25) is 5.91 Å². The average Bonchev–Trinajstić information content (AvgIpc) is 3.33. The van der Waals surface area contributed by atoms with Gasteiger partial charge in [-0.25, -0.2) is 9.78 Å². The summed E-state index contributed by atoms with van der Waals surface area (Å²) in [4.78, 5) is 32.9. The van der Waals surface area contributed by atoms with Crippen LogP contribution in [0.2, 0.25) is 0 Å². The molecule has 3 rings (SSSR count). The molecule has 0 bridgehead atoms. The van der Waals surface area contributed by atoms with Crippen molar-refractivity contribution in [1.82, 2.24) is 20.1 Å². The lowest BCUT2D eigenvalue weighted by Gasteiger charge is -2.35. The first-order valence-electron chi connectivity index (χ1n) is 10.7. The lowest BCUT2D eigenvalue weighted by Crippen LogP contribution is -2.50. The van der Waals surface area contributed by atoms with Gasteiger partial charge in [0.1, 0.15) is 11.4 Å². The molecule has 1 N–H and O–H groups in total. The molecule has 1 aliphatic rings. The van der Waals surface area contributed by atoms with Gasteiger partial charge in [0, 0.05) is 38.1 Å². The standard InChI is InChI=1S/C22H32N4O4S/c1-16-6-7-18(29-16)20-24-17(15-31-20)14-19(27)23-8-5-9-25-10-12-26(13-11-25)21(28)30-22(2,3)4/h6-7,15H,5,8-14H2,1-4H3,(H,23,27). The number of ether oxygens (including phenoxy) is 1. The van der Waals surface area contributed by atoms with E-state index in [0.29, 0.717) is 19.6 Å². The summed E-state index contributed by atoms with van der Waals surface area (Å²) in [6.45, 7) is 12.0. The highest BCUT2D eigenvalue weighted by Gasteiger charge is 2.25. The van der Waals surface area contributed by atoms with Crippen LogP contribution in [-0.2, 0) is 16.0 Å². The molecule has 170 valence electrons. The van der Waals surface area contributed by atoms with Gasteiger partial charge in [0.05, 0.1) is 12.1 Å². The van der Waals surface area contributed by atoms with E-state index >= 15 is 0 Å². The minimum absolute atomic E-state index is 0.0257. The Bertz CT molecular complexity index is 878. The number of rotatable bonds is 7. The van der Waals surface area contributed by atoms with Crippen molar-refractivity contribution in [2.24, 2.45) is 0 Å². The maximum Gasteiger partial charge on any atom is 0.410 e. The zero-order valence-corrected chi connectivity index (χ0v) is 19.6. The maximum atomic E-state index is 12.2. The number of furan rings is 1. The predicted molar refractivity (Wildman–Crippen MR) is 120 cm³/mol. The minimum Gasteiger partial charge on any atom is -0.459 e. The summed E-state index contributed by atoms with van der Waals surface area (Å²) in [6.07, 6.45) is 0.892. The fourth-order valence-electron chi connectivity index (χ4n) is 3.29. The molecule has 2 aromatic rings. The number of hydrogen-bond donors (Lipinski definition) is 1. The molecule has 1 aliphatic heterocycles. The number of amides is 2. The Labute approximate surface area is 187 Å². The number of aromatic nitrogens is 1. The highest BCUT2D eigenvalue weighted by Crippen LogP contribution is 2.25. The van der Waals surface area contributed by atoms with Crippen LogP contribution >= 0.6 is 11.3 Å². The first kappa shape index (κ1) is 23.3. The quantitative estimate of drug-likeness (QED) is 0.654. The van der Waals surface area contributed by atoms with E-state index in [9.17, 15) is 9.59 Å². The third-order valence-electron chi connectivity index (χ3n) is 4.84. The van der Waals surface area contributed by atoms with Gasteiger partial charge in [-0.05, 0) is 52.8 Å². The molecule has 9 heteroatoms. The molecule has 2 amide bonds. The number of nitrogens with zero attached hydrogens (tertiary/aromatic N) is 3. The van der Waals surface area contributed by atoms with Crippen LogP contribution in [0.3, 0.4) is 0 Å². The van der Waals surface area contributed by atoms with E-state index in [4.69, 9.17) is 9.15 Å². The molecule has 0 unspecified atom stereocenters. The second-order valence-electron chi connectivity index (χ2n) is 8.74. The normalized spacial score (nSPS) is 15.2. The molecule has 0 radical (unpaired) electrons. The first-order chi connectivity index (χ1) is 14.7. The van der Waals surface area contributed by atoms with Crippen LogP contribution in [0.25, 0.3) is 10.8 Å². The number of nitrogens with one attached hydrogen (secondary N) is 1. The van der Waals surface area contributed by atoms with Crippen LogP contribution in [0.1, 0.15) is 38.6 Å². The Morgan fingerprint density at radius 2 is 1.97 bits per heavy atom. The van der Waals surface area contributed by atoms with Crippen molar-refractivity contribution in [1.29, 1.82) is 0 Å². The predicted octanol–water partition coefficient (Wildman–Crippen LogP) is 3.31. The van der Waals surface area contributed by atoms with E-state index in [0.717, 1.165) is 48.3 Å². The van der Waals surface area contributed by atoms with Crippen LogP contribution in [-0.4, -0.2) is 71.7 Å². The molecule has 2 aromatic heterocycles. The van der Waals surface area contributed by atoms with Crippen molar-refractivity contribution in [3.8, 4) is 10.8 Å². The van der Waals surface area contributed by atoms with Crippen molar-refractivity contribution in [2.45, 2.75) is 46.1 Å². The third-order valence-corrected chi connectivity index (χ3v) is 5.75. The zero-order chi connectivity index (χ0) is 22.4. The summed E-state index contributed by atoms with van der Waals surface area (Å²) < 4.78 is 11.0. The fraction of sp³-hybridized carbons (Fsp3) is 0.591. The molecule has 1 saturated heterocycles. The van der Waals surface area contributed by atoms with Crippen LogP contribution in [0.4, 0.5) is 4.79 Å². The molecule has 0 saturated carbocycles. The van der Waals surface area contributed by atoms with Gasteiger partial charge in [0.15, 0.2) is 10.8 Å².